The number of hydrogen-bond acceptors (Lipinski definition) is 8. The molecule has 6 aromatic rings. The van der Waals surface area contributed by atoms with E-state index in [0.717, 1.165) is 6.07 Å². The largest absolute Gasteiger partial charge is 0.381 e. The van der Waals surface area contributed by atoms with Gasteiger partial charge in [0.25, 0.3) is 17.4 Å². The number of carbonyl (C=O) groups excluding carboxylic acids is 2. The maximum Gasteiger partial charge on any atom is 0.290 e. The van der Waals surface area contributed by atoms with Gasteiger partial charge in [0.2, 0.25) is 0 Å². The number of aryl methyl sites for hydroxylation is 5. The van der Waals surface area contributed by atoms with Crippen LogP contribution in [0, 0.1) is 19.7 Å². The van der Waals surface area contributed by atoms with E-state index in [1.807, 2.05) is 17.6 Å². The quantitative estimate of drug-likeness (QED) is 0.269. The van der Waals surface area contributed by atoms with Crippen LogP contribution in [0.25, 0.3) is 33.5 Å². The summed E-state index contributed by atoms with van der Waals surface area (Å²) in [7, 11) is 3.24. The summed E-state index contributed by atoms with van der Waals surface area (Å²) in [5.74, 6) is -0.917. The number of nitrogens with zero attached hydrogens (tertiary/aromatic N) is 7. The molecule has 0 unspecified atom stereocenters. The second-order valence-electron chi connectivity index (χ2n) is 10.4. The van der Waals surface area contributed by atoms with E-state index in [4.69, 9.17) is 4.52 Å². The van der Waals surface area contributed by atoms with Crippen molar-refractivity contribution in [3.63, 3.8) is 0 Å². The Hall–Kier alpha value is -5.92. The van der Waals surface area contributed by atoms with Gasteiger partial charge in [-0.1, -0.05) is 6.07 Å². The van der Waals surface area contributed by atoms with E-state index in [0.29, 0.717) is 51.7 Å². The Labute approximate surface area is 255 Å². The lowest BCUT2D eigenvalue weighted by atomic mass is 10.1. The first kappa shape index (κ1) is 29.2. The molecule has 45 heavy (non-hydrogen) atoms. The van der Waals surface area contributed by atoms with Crippen LogP contribution >= 0.6 is 0 Å². The monoisotopic (exact) mass is 609 g/mol. The Morgan fingerprint density at radius 3 is 2.44 bits per heavy atom. The standard InChI is InChI=1S/C31H28FN9O4/c1-6-41-24(22-10-7-18(15-33-22)26-16(2)45-40(5)31(26)44)14-23-28(41)27(35-17(3)34-23)30(43)36-19-8-9-21(32)20(13-19)29(42)37-25-11-12-39(4)38-25/h7-15H,6H2,1-5H3,(H,36,43)(H,37,38,42). The molecule has 0 atom stereocenters. The molecule has 1 aromatic carbocycles. The van der Waals surface area contributed by atoms with Crippen molar-refractivity contribution in [3.05, 3.63) is 93.9 Å². The van der Waals surface area contributed by atoms with Crippen molar-refractivity contribution in [3.8, 4) is 22.5 Å². The van der Waals surface area contributed by atoms with Gasteiger partial charge in [-0.25, -0.2) is 14.4 Å². The number of anilines is 2. The minimum atomic E-state index is -0.756. The molecule has 0 radical (unpaired) electrons. The van der Waals surface area contributed by atoms with Crippen LogP contribution < -0.4 is 16.2 Å². The Kier molecular flexibility index (Phi) is 7.32. The molecule has 5 aromatic heterocycles. The average molecular weight is 610 g/mol. The summed E-state index contributed by atoms with van der Waals surface area (Å²) in [4.78, 5) is 52.5. The summed E-state index contributed by atoms with van der Waals surface area (Å²) >= 11 is 0. The van der Waals surface area contributed by atoms with Gasteiger partial charge in [0.1, 0.15) is 17.4 Å². The maximum absolute atomic E-state index is 14.6. The minimum absolute atomic E-state index is 0.101. The fraction of sp³-hybridized carbons (Fsp3) is 0.194. The molecule has 5 heterocycles. The first-order valence-corrected chi connectivity index (χ1v) is 14.0. The third-order valence-corrected chi connectivity index (χ3v) is 7.25. The average Bonchev–Trinajstić information content (AvgIpc) is 3.67. The molecule has 0 aliphatic heterocycles. The van der Waals surface area contributed by atoms with E-state index in [1.54, 1.807) is 58.5 Å². The smallest absolute Gasteiger partial charge is 0.290 e. The highest BCUT2D eigenvalue weighted by Gasteiger charge is 2.23. The van der Waals surface area contributed by atoms with Crippen molar-refractivity contribution in [2.75, 3.05) is 10.6 Å². The molecular weight excluding hydrogens is 581 g/mol. The summed E-state index contributed by atoms with van der Waals surface area (Å²) in [6.07, 6.45) is 3.24. The van der Waals surface area contributed by atoms with Crippen LogP contribution in [0.3, 0.4) is 0 Å². The van der Waals surface area contributed by atoms with Crippen LogP contribution in [0.1, 0.15) is 39.4 Å². The van der Waals surface area contributed by atoms with Crippen molar-refractivity contribution < 1.29 is 18.5 Å². The molecule has 2 N–H and O–H groups in total. The van der Waals surface area contributed by atoms with Crippen molar-refractivity contribution in [2.45, 2.75) is 27.3 Å². The van der Waals surface area contributed by atoms with Crippen molar-refractivity contribution in [2.24, 2.45) is 14.1 Å². The highest BCUT2D eigenvalue weighted by atomic mass is 19.1. The van der Waals surface area contributed by atoms with Crippen LogP contribution in [0.4, 0.5) is 15.9 Å². The summed E-state index contributed by atoms with van der Waals surface area (Å²) < 4.78 is 24.6. The molecular formula is C31H28FN9O4. The number of pyridine rings is 1. The minimum Gasteiger partial charge on any atom is -0.381 e. The molecule has 0 saturated heterocycles. The molecule has 228 valence electrons. The van der Waals surface area contributed by atoms with E-state index in [1.165, 1.54) is 21.6 Å². The van der Waals surface area contributed by atoms with E-state index >= 15 is 0 Å². The highest BCUT2D eigenvalue weighted by molar-refractivity contribution is 6.11. The normalized spacial score (nSPS) is 11.2. The Morgan fingerprint density at radius 2 is 1.80 bits per heavy atom. The second kappa shape index (κ2) is 11.3. The SMILES string of the molecule is CCn1c(-c2ccc(-c3c(C)on(C)c3=O)cn2)cc2nc(C)nc(C(=O)Nc3ccc(F)c(C(=O)Nc4ccn(C)n4)c3)c21. The van der Waals surface area contributed by atoms with E-state index in [-0.39, 0.29) is 28.3 Å². The molecule has 14 heteroatoms. The second-order valence-corrected chi connectivity index (χ2v) is 10.4. The van der Waals surface area contributed by atoms with Gasteiger partial charge in [-0.15, -0.1) is 0 Å². The fourth-order valence-electron chi connectivity index (χ4n) is 5.24. The van der Waals surface area contributed by atoms with Crippen molar-refractivity contribution in [1.82, 2.24) is 34.0 Å². The number of halogens is 1. The molecule has 0 saturated carbocycles. The zero-order valence-corrected chi connectivity index (χ0v) is 25.0. The first-order chi connectivity index (χ1) is 21.5. The van der Waals surface area contributed by atoms with Gasteiger partial charge < -0.3 is 19.7 Å². The molecule has 0 aliphatic rings. The van der Waals surface area contributed by atoms with Gasteiger partial charge in [0.05, 0.1) is 33.5 Å². The zero-order valence-electron chi connectivity index (χ0n) is 25.0. The van der Waals surface area contributed by atoms with Gasteiger partial charge in [0, 0.05) is 50.4 Å². The van der Waals surface area contributed by atoms with Crippen LogP contribution in [0.15, 0.2) is 64.2 Å². The van der Waals surface area contributed by atoms with Crippen LogP contribution in [-0.4, -0.2) is 45.9 Å². The molecule has 0 bridgehead atoms. The number of aromatic nitrogens is 7. The highest BCUT2D eigenvalue weighted by Crippen LogP contribution is 2.30. The number of amides is 2. The number of fused-ring (bicyclic) bond motifs is 1. The van der Waals surface area contributed by atoms with Gasteiger partial charge in [-0.2, -0.15) is 9.84 Å². The number of benzene rings is 1. The van der Waals surface area contributed by atoms with Crippen LogP contribution in [0.2, 0.25) is 0 Å². The molecule has 2 amide bonds. The first-order valence-electron chi connectivity index (χ1n) is 14.0. The summed E-state index contributed by atoms with van der Waals surface area (Å²) in [5.41, 5.74) is 3.14. The van der Waals surface area contributed by atoms with Gasteiger partial charge in [-0.3, -0.25) is 24.0 Å². The van der Waals surface area contributed by atoms with E-state index in [9.17, 15) is 18.8 Å². The molecule has 13 nitrogen and oxygen atoms in total. The fourth-order valence-corrected chi connectivity index (χ4v) is 5.24. The lowest BCUT2D eigenvalue weighted by Crippen LogP contribution is -2.18. The molecule has 6 rings (SSSR count). The number of hydrogen-bond donors (Lipinski definition) is 2. The van der Waals surface area contributed by atoms with E-state index in [2.05, 4.69) is 30.7 Å². The Bertz CT molecular complexity index is 2170. The predicted octanol–water partition coefficient (Wildman–Crippen LogP) is 4.47. The third-order valence-electron chi connectivity index (χ3n) is 7.25. The van der Waals surface area contributed by atoms with Gasteiger partial charge in [-0.05, 0) is 51.1 Å². The van der Waals surface area contributed by atoms with Gasteiger partial charge in [0.15, 0.2) is 11.5 Å². The predicted molar refractivity (Wildman–Crippen MR) is 164 cm³/mol. The summed E-state index contributed by atoms with van der Waals surface area (Å²) in [6, 6.07) is 10.7. The van der Waals surface area contributed by atoms with Crippen molar-refractivity contribution in [1.29, 1.82) is 0 Å². The third kappa shape index (κ3) is 5.37. The Balaban J connectivity index is 1.33. The lowest BCUT2D eigenvalue weighted by Gasteiger charge is -2.12. The number of carbonyl (C=O) groups is 2. The van der Waals surface area contributed by atoms with Crippen LogP contribution in [0.5, 0.6) is 0 Å². The number of rotatable bonds is 7. The molecule has 0 fully saturated rings. The van der Waals surface area contributed by atoms with Crippen molar-refractivity contribution >= 4 is 34.4 Å². The van der Waals surface area contributed by atoms with Crippen LogP contribution in [-0.2, 0) is 20.6 Å². The summed E-state index contributed by atoms with van der Waals surface area (Å²) in [6.45, 7) is 5.78. The molecule has 0 aliphatic carbocycles. The zero-order chi connectivity index (χ0) is 32.0. The topological polar surface area (TPSA) is 155 Å². The Morgan fingerprint density at radius 1 is 1.00 bits per heavy atom. The molecule has 0 spiro atoms. The van der Waals surface area contributed by atoms with Gasteiger partial charge >= 0.3 is 0 Å². The number of nitrogens with one attached hydrogen (secondary N) is 2. The maximum atomic E-state index is 14.6. The van der Waals surface area contributed by atoms with E-state index < -0.39 is 17.6 Å². The summed E-state index contributed by atoms with van der Waals surface area (Å²) in [5, 5.41) is 9.36. The lowest BCUT2D eigenvalue weighted by molar-refractivity contribution is 0.101.